The third-order valence-electron chi connectivity index (χ3n) is 10.4. The van der Waals surface area contributed by atoms with Gasteiger partial charge < -0.3 is 0 Å². The molecule has 0 aliphatic rings. The van der Waals surface area contributed by atoms with Gasteiger partial charge in [-0.25, -0.2) is 24.9 Å². The highest BCUT2D eigenvalue weighted by Crippen LogP contribution is 2.43. The van der Waals surface area contributed by atoms with Crippen LogP contribution in [-0.2, 0) is 0 Å². The summed E-state index contributed by atoms with van der Waals surface area (Å²) in [4.78, 5) is 28.8. The molecule has 0 aliphatic carbocycles. The Morgan fingerprint density at radius 1 is 0.315 bits per heavy atom. The van der Waals surface area contributed by atoms with E-state index in [9.17, 15) is 0 Å². The van der Waals surface area contributed by atoms with Crippen LogP contribution in [0.5, 0.6) is 0 Å². The van der Waals surface area contributed by atoms with E-state index in [1.165, 1.54) is 0 Å². The SMILES string of the molecule is c1cnc(-c2ccc3cc(-c4ccc5nc(-c6c7ccccc7c(-c7ccc8ccc9cccnc9c8n7)c7ccccc67)ccc5c4)ccc3n2)nc1. The number of pyridine rings is 4. The maximum absolute atomic E-state index is 5.30. The first kappa shape index (κ1) is 30.2. The maximum atomic E-state index is 5.30. The lowest BCUT2D eigenvalue weighted by atomic mass is 9.88. The number of nitrogens with zero attached hydrogens (tertiary/aromatic N) is 6. The summed E-state index contributed by atoms with van der Waals surface area (Å²) in [7, 11) is 0. The fourth-order valence-electron chi connectivity index (χ4n) is 7.85. The van der Waals surface area contributed by atoms with Crippen LogP contribution >= 0.6 is 0 Å². The van der Waals surface area contributed by atoms with E-state index in [2.05, 4.69) is 143 Å². The van der Waals surface area contributed by atoms with Crippen LogP contribution in [0.3, 0.4) is 0 Å². The van der Waals surface area contributed by atoms with Gasteiger partial charge in [-0.15, -0.1) is 0 Å². The lowest BCUT2D eigenvalue weighted by Gasteiger charge is -2.17. The third kappa shape index (κ3) is 4.89. The van der Waals surface area contributed by atoms with E-state index in [0.29, 0.717) is 5.82 Å². The van der Waals surface area contributed by atoms with E-state index in [1.807, 2.05) is 24.4 Å². The molecule has 5 heterocycles. The average molecular weight is 689 g/mol. The summed E-state index contributed by atoms with van der Waals surface area (Å²) in [5, 5.41) is 8.85. The highest BCUT2D eigenvalue weighted by Gasteiger charge is 2.19. The summed E-state index contributed by atoms with van der Waals surface area (Å²) >= 11 is 0. The molecule has 0 unspecified atom stereocenters. The monoisotopic (exact) mass is 688 g/mol. The van der Waals surface area contributed by atoms with Crippen LogP contribution < -0.4 is 0 Å². The van der Waals surface area contributed by atoms with Gasteiger partial charge in [-0.05, 0) is 87.3 Å². The number of fused-ring (bicyclic) bond motifs is 7. The number of hydrogen-bond donors (Lipinski definition) is 0. The molecule has 250 valence electrons. The molecule has 6 aromatic carbocycles. The van der Waals surface area contributed by atoms with E-state index < -0.39 is 0 Å². The molecule has 0 bridgehead atoms. The minimum atomic E-state index is 0.621. The zero-order valence-electron chi connectivity index (χ0n) is 28.8. The van der Waals surface area contributed by atoms with Crippen molar-refractivity contribution < 1.29 is 0 Å². The van der Waals surface area contributed by atoms with Gasteiger partial charge in [0.2, 0.25) is 0 Å². The van der Waals surface area contributed by atoms with Crippen LogP contribution in [0.1, 0.15) is 0 Å². The van der Waals surface area contributed by atoms with Crippen molar-refractivity contribution in [3.8, 4) is 45.2 Å². The Morgan fingerprint density at radius 3 is 1.41 bits per heavy atom. The van der Waals surface area contributed by atoms with E-state index in [-0.39, 0.29) is 0 Å². The molecule has 11 aromatic rings. The number of rotatable bonds is 4. The van der Waals surface area contributed by atoms with Crippen molar-refractivity contribution in [2.24, 2.45) is 0 Å². The van der Waals surface area contributed by atoms with Crippen LogP contribution in [0, 0.1) is 0 Å². The molecule has 0 spiro atoms. The first-order valence-corrected chi connectivity index (χ1v) is 17.9. The summed E-state index contributed by atoms with van der Waals surface area (Å²) in [5.41, 5.74) is 10.8. The minimum Gasteiger partial charge on any atom is -0.254 e. The predicted molar refractivity (Wildman–Crippen MR) is 220 cm³/mol. The lowest BCUT2D eigenvalue weighted by Crippen LogP contribution is -1.95. The van der Waals surface area contributed by atoms with Gasteiger partial charge in [0.1, 0.15) is 5.69 Å². The van der Waals surface area contributed by atoms with Gasteiger partial charge in [0.15, 0.2) is 5.82 Å². The van der Waals surface area contributed by atoms with Gasteiger partial charge in [-0.3, -0.25) is 4.98 Å². The molecule has 54 heavy (non-hydrogen) atoms. The van der Waals surface area contributed by atoms with Crippen molar-refractivity contribution in [1.82, 2.24) is 29.9 Å². The van der Waals surface area contributed by atoms with Crippen molar-refractivity contribution in [1.29, 1.82) is 0 Å². The van der Waals surface area contributed by atoms with E-state index in [1.54, 1.807) is 12.4 Å². The Kier molecular flexibility index (Phi) is 6.75. The van der Waals surface area contributed by atoms with Crippen molar-refractivity contribution in [3.63, 3.8) is 0 Å². The second-order valence-electron chi connectivity index (χ2n) is 13.5. The molecule has 0 radical (unpaired) electrons. The summed E-state index contributed by atoms with van der Waals surface area (Å²) in [5.74, 6) is 0.621. The van der Waals surface area contributed by atoms with Crippen LogP contribution in [-0.4, -0.2) is 29.9 Å². The fourth-order valence-corrected chi connectivity index (χ4v) is 7.85. The fraction of sp³-hybridized carbons (Fsp3) is 0. The molecule has 0 saturated carbocycles. The molecular formula is C48H28N6. The van der Waals surface area contributed by atoms with Crippen LogP contribution in [0.2, 0.25) is 0 Å². The van der Waals surface area contributed by atoms with Gasteiger partial charge in [0.05, 0.1) is 33.5 Å². The average Bonchev–Trinajstić information content (AvgIpc) is 3.25. The largest absolute Gasteiger partial charge is 0.254 e. The van der Waals surface area contributed by atoms with Gasteiger partial charge in [-0.1, -0.05) is 97.1 Å². The maximum Gasteiger partial charge on any atom is 0.178 e. The van der Waals surface area contributed by atoms with Gasteiger partial charge in [0.25, 0.3) is 0 Å². The van der Waals surface area contributed by atoms with Crippen molar-refractivity contribution >= 4 is 65.2 Å². The molecule has 0 N–H and O–H groups in total. The lowest BCUT2D eigenvalue weighted by molar-refractivity contribution is 1.15. The Balaban J connectivity index is 1.03. The topological polar surface area (TPSA) is 77.3 Å². The molecule has 5 aromatic heterocycles. The van der Waals surface area contributed by atoms with Crippen LogP contribution in [0.15, 0.2) is 170 Å². The third-order valence-corrected chi connectivity index (χ3v) is 10.4. The standard InChI is InChI=1S/C48H28N6/c1-3-10-37-35(8-1)44(36-9-2-4-11-38(36)45(37)42-21-14-30-13-12-29-7-5-24-49-46(29)47(30)54-42)41-22-17-33-27-31(15-19-39(33)52-41)32-16-20-40-34(28-32)18-23-43(53-40)48-50-25-6-26-51-48/h1-28H. The Hall–Kier alpha value is -7.44. The Labute approximate surface area is 309 Å². The molecule has 0 atom stereocenters. The predicted octanol–water partition coefficient (Wildman–Crippen LogP) is 11.6. The van der Waals surface area contributed by atoms with E-state index in [4.69, 9.17) is 19.9 Å². The molecule has 6 nitrogen and oxygen atoms in total. The zero-order chi connectivity index (χ0) is 35.6. The van der Waals surface area contributed by atoms with E-state index in [0.717, 1.165) is 104 Å². The number of aromatic nitrogens is 6. The molecule has 0 fully saturated rings. The Morgan fingerprint density at radius 2 is 0.796 bits per heavy atom. The molecule has 11 rings (SSSR count). The van der Waals surface area contributed by atoms with Crippen LogP contribution in [0.4, 0.5) is 0 Å². The summed E-state index contributed by atoms with van der Waals surface area (Å²) in [6.45, 7) is 0. The normalized spacial score (nSPS) is 11.7. The Bertz CT molecular complexity index is 3230. The van der Waals surface area contributed by atoms with Gasteiger partial charge in [-0.2, -0.15) is 0 Å². The highest BCUT2D eigenvalue weighted by molar-refractivity contribution is 6.21. The van der Waals surface area contributed by atoms with Crippen LogP contribution in [0.25, 0.3) is 110 Å². The first-order valence-electron chi connectivity index (χ1n) is 17.9. The van der Waals surface area contributed by atoms with Crippen molar-refractivity contribution in [2.45, 2.75) is 0 Å². The second-order valence-corrected chi connectivity index (χ2v) is 13.5. The molecule has 0 amide bonds. The summed E-state index contributed by atoms with van der Waals surface area (Å²) < 4.78 is 0. The van der Waals surface area contributed by atoms with Gasteiger partial charge >= 0.3 is 0 Å². The first-order chi connectivity index (χ1) is 26.7. The zero-order valence-corrected chi connectivity index (χ0v) is 28.8. The van der Waals surface area contributed by atoms with Crippen molar-refractivity contribution in [3.05, 3.63) is 170 Å². The smallest absolute Gasteiger partial charge is 0.178 e. The van der Waals surface area contributed by atoms with Gasteiger partial charge in [0, 0.05) is 51.3 Å². The van der Waals surface area contributed by atoms with E-state index >= 15 is 0 Å². The number of benzene rings is 6. The molecule has 6 heteroatoms. The minimum absolute atomic E-state index is 0.621. The molecular weight excluding hydrogens is 661 g/mol. The summed E-state index contributed by atoms with van der Waals surface area (Å²) in [6.07, 6.45) is 5.31. The number of hydrogen-bond acceptors (Lipinski definition) is 6. The quantitative estimate of drug-likeness (QED) is 0.135. The second kappa shape index (κ2) is 12.1. The summed E-state index contributed by atoms with van der Waals surface area (Å²) in [6, 6.07) is 52.9. The van der Waals surface area contributed by atoms with Crippen molar-refractivity contribution in [2.75, 3.05) is 0 Å². The molecule has 0 aliphatic heterocycles. The highest BCUT2D eigenvalue weighted by atomic mass is 14.9. The molecule has 0 saturated heterocycles.